The first-order valence-corrected chi connectivity index (χ1v) is 11.0. The zero-order valence-corrected chi connectivity index (χ0v) is 17.3. The minimum absolute atomic E-state index is 0.0425. The lowest BCUT2D eigenvalue weighted by molar-refractivity contribution is -0.120. The molecule has 0 saturated carbocycles. The number of ether oxygens (including phenoxy) is 1. The average molecular weight is 421 g/mol. The molecule has 0 aliphatic carbocycles. The molecule has 1 aliphatic heterocycles. The van der Waals surface area contributed by atoms with Crippen molar-refractivity contribution in [3.8, 4) is 5.75 Å². The SMILES string of the molecule is CCc1ccc(NC(=O)C2CCCN(S(=O)(=O)c3cc(F)ccc3OC)C2)cc1. The summed E-state index contributed by atoms with van der Waals surface area (Å²) in [4.78, 5) is 12.5. The van der Waals surface area contributed by atoms with Gasteiger partial charge >= 0.3 is 0 Å². The summed E-state index contributed by atoms with van der Waals surface area (Å²) < 4.78 is 46.1. The molecular weight excluding hydrogens is 395 g/mol. The molecule has 6 nitrogen and oxygen atoms in total. The molecule has 1 aliphatic rings. The lowest BCUT2D eigenvalue weighted by atomic mass is 9.98. The molecule has 1 amide bonds. The Labute approximate surface area is 170 Å². The molecule has 1 atom stereocenters. The van der Waals surface area contributed by atoms with Crippen LogP contribution in [0.25, 0.3) is 0 Å². The minimum Gasteiger partial charge on any atom is -0.495 e. The lowest BCUT2D eigenvalue weighted by Gasteiger charge is -2.31. The Morgan fingerprint density at radius 3 is 2.62 bits per heavy atom. The summed E-state index contributed by atoms with van der Waals surface area (Å²) in [6.07, 6.45) is 2.04. The van der Waals surface area contributed by atoms with E-state index in [1.165, 1.54) is 23.0 Å². The Morgan fingerprint density at radius 1 is 1.24 bits per heavy atom. The van der Waals surface area contributed by atoms with E-state index in [9.17, 15) is 17.6 Å². The van der Waals surface area contributed by atoms with Crippen LogP contribution in [0.2, 0.25) is 0 Å². The fourth-order valence-corrected chi connectivity index (χ4v) is 5.13. The predicted octanol–water partition coefficient (Wildman–Crippen LogP) is 3.44. The molecule has 29 heavy (non-hydrogen) atoms. The number of amides is 1. The van der Waals surface area contributed by atoms with Crippen LogP contribution >= 0.6 is 0 Å². The summed E-state index contributed by atoms with van der Waals surface area (Å²) in [6.45, 7) is 2.37. The lowest BCUT2D eigenvalue weighted by Crippen LogP contribution is -2.43. The van der Waals surface area contributed by atoms with Gasteiger partial charge in [-0.15, -0.1) is 0 Å². The second-order valence-corrected chi connectivity index (χ2v) is 8.94. The molecule has 1 heterocycles. The van der Waals surface area contributed by atoms with Crippen molar-refractivity contribution in [1.29, 1.82) is 0 Å². The van der Waals surface area contributed by atoms with Crippen LogP contribution in [-0.4, -0.2) is 38.8 Å². The van der Waals surface area contributed by atoms with Crippen molar-refractivity contribution in [3.63, 3.8) is 0 Å². The molecule has 1 unspecified atom stereocenters. The number of carbonyl (C=O) groups excluding carboxylic acids is 1. The van der Waals surface area contributed by atoms with Crippen LogP contribution in [0, 0.1) is 11.7 Å². The number of sulfonamides is 1. The molecular formula is C21H25FN2O4S. The van der Waals surface area contributed by atoms with Crippen LogP contribution in [0.1, 0.15) is 25.3 Å². The van der Waals surface area contributed by atoms with Crippen LogP contribution in [0.15, 0.2) is 47.4 Å². The number of benzene rings is 2. The van der Waals surface area contributed by atoms with Gasteiger partial charge in [0.25, 0.3) is 0 Å². The second kappa shape index (κ2) is 8.92. The third kappa shape index (κ3) is 4.76. The van der Waals surface area contributed by atoms with E-state index in [0.29, 0.717) is 18.5 Å². The summed E-state index contributed by atoms with van der Waals surface area (Å²) in [7, 11) is -2.65. The molecule has 1 saturated heterocycles. The van der Waals surface area contributed by atoms with E-state index in [-0.39, 0.29) is 29.6 Å². The smallest absolute Gasteiger partial charge is 0.246 e. The van der Waals surface area contributed by atoms with E-state index in [4.69, 9.17) is 4.74 Å². The van der Waals surface area contributed by atoms with Crippen molar-refractivity contribution < 1.29 is 22.3 Å². The summed E-state index contributed by atoms with van der Waals surface area (Å²) in [5, 5.41) is 2.86. The van der Waals surface area contributed by atoms with Gasteiger partial charge in [0.2, 0.25) is 15.9 Å². The molecule has 8 heteroatoms. The van der Waals surface area contributed by atoms with Crippen LogP contribution in [0.3, 0.4) is 0 Å². The molecule has 1 fully saturated rings. The number of halogens is 1. The minimum atomic E-state index is -3.99. The number of nitrogens with one attached hydrogen (secondary N) is 1. The maximum atomic E-state index is 13.7. The molecule has 0 radical (unpaired) electrons. The number of methoxy groups -OCH3 is 1. The first-order valence-electron chi connectivity index (χ1n) is 9.58. The van der Waals surface area contributed by atoms with Gasteiger partial charge in [-0.3, -0.25) is 4.79 Å². The van der Waals surface area contributed by atoms with E-state index in [1.54, 1.807) is 0 Å². The Balaban J connectivity index is 1.75. The van der Waals surface area contributed by atoms with E-state index >= 15 is 0 Å². The molecule has 0 spiro atoms. The monoisotopic (exact) mass is 420 g/mol. The van der Waals surface area contributed by atoms with Gasteiger partial charge in [0.15, 0.2) is 0 Å². The van der Waals surface area contributed by atoms with E-state index in [0.717, 1.165) is 18.6 Å². The quantitative estimate of drug-likeness (QED) is 0.777. The van der Waals surface area contributed by atoms with E-state index in [2.05, 4.69) is 12.2 Å². The fourth-order valence-electron chi connectivity index (χ4n) is 3.43. The highest BCUT2D eigenvalue weighted by molar-refractivity contribution is 7.89. The van der Waals surface area contributed by atoms with Gasteiger partial charge in [0, 0.05) is 18.8 Å². The van der Waals surface area contributed by atoms with Crippen molar-refractivity contribution in [2.24, 2.45) is 5.92 Å². The number of anilines is 1. The van der Waals surface area contributed by atoms with Crippen LogP contribution in [-0.2, 0) is 21.2 Å². The van der Waals surface area contributed by atoms with Gasteiger partial charge in [0.05, 0.1) is 13.0 Å². The van der Waals surface area contributed by atoms with Crippen molar-refractivity contribution in [1.82, 2.24) is 4.31 Å². The highest BCUT2D eigenvalue weighted by Gasteiger charge is 2.35. The maximum absolute atomic E-state index is 13.7. The summed E-state index contributed by atoms with van der Waals surface area (Å²) in [5.41, 5.74) is 1.85. The average Bonchev–Trinajstić information content (AvgIpc) is 2.74. The highest BCUT2D eigenvalue weighted by Crippen LogP contribution is 2.30. The van der Waals surface area contributed by atoms with Crippen molar-refractivity contribution >= 4 is 21.6 Å². The van der Waals surface area contributed by atoms with Crippen LogP contribution in [0.4, 0.5) is 10.1 Å². The van der Waals surface area contributed by atoms with E-state index in [1.807, 2.05) is 24.3 Å². The number of nitrogens with zero attached hydrogens (tertiary/aromatic N) is 1. The summed E-state index contributed by atoms with van der Waals surface area (Å²) in [5.74, 6) is -1.29. The molecule has 1 N–H and O–H groups in total. The van der Waals surface area contributed by atoms with Gasteiger partial charge in [0.1, 0.15) is 16.5 Å². The van der Waals surface area contributed by atoms with Crippen molar-refractivity contribution in [2.75, 3.05) is 25.5 Å². The molecule has 2 aromatic carbocycles. The van der Waals surface area contributed by atoms with Crippen LogP contribution in [0.5, 0.6) is 5.75 Å². The third-order valence-corrected chi connectivity index (χ3v) is 7.01. The van der Waals surface area contributed by atoms with Gasteiger partial charge in [-0.1, -0.05) is 19.1 Å². The number of hydrogen-bond acceptors (Lipinski definition) is 4. The Bertz CT molecular complexity index is 977. The normalized spacial score (nSPS) is 17.7. The molecule has 3 rings (SSSR count). The third-order valence-electron chi connectivity index (χ3n) is 5.13. The summed E-state index contributed by atoms with van der Waals surface area (Å²) in [6, 6.07) is 11.0. The number of rotatable bonds is 6. The first kappa shape index (κ1) is 21.3. The first-order chi connectivity index (χ1) is 13.8. The second-order valence-electron chi connectivity index (χ2n) is 7.04. The van der Waals surface area contributed by atoms with Crippen LogP contribution < -0.4 is 10.1 Å². The Hall–Kier alpha value is -2.45. The Morgan fingerprint density at radius 2 is 1.97 bits per heavy atom. The van der Waals surface area contributed by atoms with E-state index < -0.39 is 21.8 Å². The topological polar surface area (TPSA) is 75.7 Å². The zero-order valence-electron chi connectivity index (χ0n) is 16.5. The molecule has 2 aromatic rings. The number of carbonyl (C=O) groups is 1. The fraction of sp³-hybridized carbons (Fsp3) is 0.381. The number of piperidine rings is 1. The van der Waals surface area contributed by atoms with Crippen molar-refractivity contribution in [3.05, 3.63) is 53.8 Å². The van der Waals surface area contributed by atoms with Crippen molar-refractivity contribution in [2.45, 2.75) is 31.1 Å². The summed E-state index contributed by atoms with van der Waals surface area (Å²) >= 11 is 0. The molecule has 0 bridgehead atoms. The molecule has 156 valence electrons. The van der Waals surface area contributed by atoms with Gasteiger partial charge < -0.3 is 10.1 Å². The highest BCUT2D eigenvalue weighted by atomic mass is 32.2. The predicted molar refractivity (Wildman–Crippen MR) is 109 cm³/mol. The molecule has 0 aromatic heterocycles. The Kier molecular flexibility index (Phi) is 6.54. The standard InChI is InChI=1S/C21H25FN2O4S/c1-3-15-6-9-18(10-7-15)23-21(25)16-5-4-12-24(14-16)29(26,27)20-13-17(22)8-11-19(20)28-2/h6-11,13,16H,3-5,12,14H2,1-2H3,(H,23,25). The zero-order chi connectivity index (χ0) is 21.0. The van der Waals surface area contributed by atoms with Gasteiger partial charge in [-0.25, -0.2) is 12.8 Å². The van der Waals surface area contributed by atoms with Gasteiger partial charge in [-0.2, -0.15) is 4.31 Å². The number of aryl methyl sites for hydroxylation is 1. The van der Waals surface area contributed by atoms with Gasteiger partial charge in [-0.05, 0) is 55.2 Å². The maximum Gasteiger partial charge on any atom is 0.246 e. The number of hydrogen-bond donors (Lipinski definition) is 1. The largest absolute Gasteiger partial charge is 0.495 e.